The summed E-state index contributed by atoms with van der Waals surface area (Å²) >= 11 is 3.30. The Morgan fingerprint density at radius 2 is 1.59 bits per heavy atom. The molecular weight excluding hydrogens is 433 g/mol. The predicted molar refractivity (Wildman–Crippen MR) is 119 cm³/mol. The molecule has 1 aromatic heterocycles. The number of halogens is 1. The van der Waals surface area contributed by atoms with E-state index in [0.29, 0.717) is 28.2 Å². The molecule has 0 spiro atoms. The number of benzene rings is 2. The molecule has 0 radical (unpaired) electrons. The third kappa shape index (κ3) is 5.08. The van der Waals surface area contributed by atoms with Crippen molar-refractivity contribution in [2.45, 2.75) is 0 Å². The molecule has 3 aromatic rings. The zero-order valence-electron chi connectivity index (χ0n) is 15.5. The first-order valence-corrected chi connectivity index (χ1v) is 9.47. The summed E-state index contributed by atoms with van der Waals surface area (Å²) in [6.07, 6.45) is 1.58. The zero-order valence-corrected chi connectivity index (χ0v) is 17.1. The van der Waals surface area contributed by atoms with Gasteiger partial charge in [-0.2, -0.15) is 0 Å². The standard InChI is InChI=1S/C20H17BBrN5O2/c21-27-18(23)12-5-7-13(8-6-12)19(28)25-16-4-2-1-3-15(16)20(29)26-17-10-9-14(22)11-24-17/h1-11H,21H2,(H2,23,27)(H,25,28)(H,24,26,29). The van der Waals surface area contributed by atoms with Crippen molar-refractivity contribution in [1.29, 1.82) is 5.41 Å². The van der Waals surface area contributed by atoms with Crippen LogP contribution in [-0.2, 0) is 0 Å². The van der Waals surface area contributed by atoms with Crippen molar-refractivity contribution in [3.05, 3.63) is 88.0 Å². The lowest BCUT2D eigenvalue weighted by Crippen LogP contribution is -2.20. The van der Waals surface area contributed by atoms with E-state index in [-0.39, 0.29) is 17.6 Å². The summed E-state index contributed by atoms with van der Waals surface area (Å²) in [7, 11) is 1.66. The molecule has 4 N–H and O–H groups in total. The molecule has 1 heterocycles. The smallest absolute Gasteiger partial charge is 0.258 e. The van der Waals surface area contributed by atoms with Crippen LogP contribution in [0.5, 0.6) is 0 Å². The molecular formula is C20H17BBrN5O2. The highest BCUT2D eigenvalue weighted by atomic mass is 79.9. The SMILES string of the molecule is BNC(=N)c1ccc(C(=O)Nc2ccccc2C(=O)Nc2ccc(Br)cn2)cc1. The van der Waals surface area contributed by atoms with Crippen molar-refractivity contribution in [2.24, 2.45) is 0 Å². The van der Waals surface area contributed by atoms with Gasteiger partial charge < -0.3 is 15.9 Å². The highest BCUT2D eigenvalue weighted by Gasteiger charge is 2.15. The molecule has 144 valence electrons. The largest absolute Gasteiger partial charge is 0.420 e. The number of nitrogens with zero attached hydrogens (tertiary/aromatic N) is 1. The fourth-order valence-corrected chi connectivity index (χ4v) is 2.79. The van der Waals surface area contributed by atoms with Crippen LogP contribution in [0.1, 0.15) is 26.3 Å². The number of amidine groups is 1. The summed E-state index contributed by atoms with van der Waals surface area (Å²) in [6.45, 7) is 0. The van der Waals surface area contributed by atoms with Crippen molar-refractivity contribution >= 4 is 53.1 Å². The van der Waals surface area contributed by atoms with Crippen LogP contribution in [0.4, 0.5) is 11.5 Å². The summed E-state index contributed by atoms with van der Waals surface area (Å²) < 4.78 is 0.805. The molecule has 2 aromatic carbocycles. The molecule has 0 bridgehead atoms. The molecule has 3 rings (SSSR count). The maximum atomic E-state index is 12.6. The Morgan fingerprint density at radius 3 is 2.24 bits per heavy atom. The Kier molecular flexibility index (Phi) is 6.41. The third-order valence-corrected chi connectivity index (χ3v) is 4.54. The Morgan fingerprint density at radius 1 is 0.897 bits per heavy atom. The van der Waals surface area contributed by atoms with E-state index < -0.39 is 0 Å². The minimum atomic E-state index is -0.381. The van der Waals surface area contributed by atoms with E-state index in [9.17, 15) is 9.59 Å². The second-order valence-electron chi connectivity index (χ2n) is 6.02. The van der Waals surface area contributed by atoms with Crippen molar-refractivity contribution in [2.75, 3.05) is 10.6 Å². The molecule has 0 atom stereocenters. The highest BCUT2D eigenvalue weighted by molar-refractivity contribution is 9.10. The number of aromatic nitrogens is 1. The zero-order chi connectivity index (χ0) is 20.8. The van der Waals surface area contributed by atoms with Gasteiger partial charge in [0.05, 0.1) is 11.3 Å². The minimum Gasteiger partial charge on any atom is -0.420 e. The van der Waals surface area contributed by atoms with Crippen LogP contribution in [0.3, 0.4) is 0 Å². The van der Waals surface area contributed by atoms with Crippen LogP contribution in [0.2, 0.25) is 0 Å². The van der Waals surface area contributed by atoms with E-state index in [1.165, 1.54) is 0 Å². The number of rotatable bonds is 5. The van der Waals surface area contributed by atoms with Crippen molar-refractivity contribution in [3.63, 3.8) is 0 Å². The number of pyridine rings is 1. The first-order chi connectivity index (χ1) is 14.0. The predicted octanol–water partition coefficient (Wildman–Crippen LogP) is 2.81. The second-order valence-corrected chi connectivity index (χ2v) is 6.93. The number of carbonyl (C=O) groups excluding carboxylic acids is 2. The molecule has 0 saturated carbocycles. The summed E-state index contributed by atoms with van der Waals surface area (Å²) in [4.78, 5) is 29.4. The van der Waals surface area contributed by atoms with E-state index in [1.807, 2.05) is 0 Å². The Labute approximate surface area is 177 Å². The minimum absolute atomic E-state index is 0.264. The first-order valence-electron chi connectivity index (χ1n) is 8.68. The maximum absolute atomic E-state index is 12.6. The molecule has 29 heavy (non-hydrogen) atoms. The Hall–Kier alpha value is -3.46. The number of anilines is 2. The summed E-state index contributed by atoms with van der Waals surface area (Å²) in [6, 6.07) is 16.8. The van der Waals surface area contributed by atoms with Gasteiger partial charge in [0.15, 0.2) is 0 Å². The summed E-state index contributed by atoms with van der Waals surface area (Å²) in [5.74, 6) is -0.0643. The van der Waals surface area contributed by atoms with Crippen LogP contribution < -0.4 is 15.9 Å². The topological polar surface area (TPSA) is 107 Å². The normalized spacial score (nSPS) is 10.1. The molecule has 0 aliphatic carbocycles. The van der Waals surface area contributed by atoms with Gasteiger partial charge in [0.1, 0.15) is 11.7 Å². The lowest BCUT2D eigenvalue weighted by Gasteiger charge is -2.12. The lowest BCUT2D eigenvalue weighted by molar-refractivity contribution is 0.102. The quantitative estimate of drug-likeness (QED) is 0.273. The number of hydrogen-bond donors (Lipinski definition) is 4. The van der Waals surface area contributed by atoms with Gasteiger partial charge in [-0.25, -0.2) is 4.98 Å². The second kappa shape index (κ2) is 9.16. The fourth-order valence-electron chi connectivity index (χ4n) is 2.55. The van der Waals surface area contributed by atoms with E-state index >= 15 is 0 Å². The Balaban J connectivity index is 1.76. The molecule has 2 amide bonds. The van der Waals surface area contributed by atoms with Gasteiger partial charge in [0, 0.05) is 21.8 Å². The number of nitrogens with one attached hydrogen (secondary N) is 4. The van der Waals surface area contributed by atoms with Gasteiger partial charge >= 0.3 is 0 Å². The molecule has 9 heteroatoms. The monoisotopic (exact) mass is 449 g/mol. The van der Waals surface area contributed by atoms with E-state index in [4.69, 9.17) is 5.41 Å². The van der Waals surface area contributed by atoms with Crippen LogP contribution in [0.15, 0.2) is 71.3 Å². The maximum Gasteiger partial charge on any atom is 0.258 e. The van der Waals surface area contributed by atoms with Crippen LogP contribution >= 0.6 is 15.9 Å². The number of amides is 2. The molecule has 0 fully saturated rings. The Bertz CT molecular complexity index is 1060. The van der Waals surface area contributed by atoms with Gasteiger partial charge in [-0.15, -0.1) is 0 Å². The van der Waals surface area contributed by atoms with E-state index in [0.717, 1.165) is 4.47 Å². The van der Waals surface area contributed by atoms with Gasteiger partial charge in [-0.3, -0.25) is 15.0 Å². The van der Waals surface area contributed by atoms with Gasteiger partial charge in [-0.1, -0.05) is 24.3 Å². The van der Waals surface area contributed by atoms with Crippen molar-refractivity contribution in [1.82, 2.24) is 10.2 Å². The molecule has 0 unspecified atom stereocenters. The van der Waals surface area contributed by atoms with Crippen molar-refractivity contribution in [3.8, 4) is 0 Å². The average Bonchev–Trinajstić information content (AvgIpc) is 2.75. The molecule has 0 aliphatic heterocycles. The number of para-hydroxylation sites is 1. The molecule has 7 nitrogen and oxygen atoms in total. The molecule has 0 aliphatic rings. The van der Waals surface area contributed by atoms with Gasteiger partial charge in [0.25, 0.3) is 11.8 Å². The lowest BCUT2D eigenvalue weighted by atomic mass is 10.1. The van der Waals surface area contributed by atoms with Gasteiger partial charge in [-0.05, 0) is 52.3 Å². The summed E-state index contributed by atoms with van der Waals surface area (Å²) in [5, 5.41) is 16.0. The fraction of sp³-hybridized carbons (Fsp3) is 0. The van der Waals surface area contributed by atoms with Crippen molar-refractivity contribution < 1.29 is 9.59 Å². The van der Waals surface area contributed by atoms with Crippen LogP contribution in [0.25, 0.3) is 0 Å². The van der Waals surface area contributed by atoms with Crippen LogP contribution in [-0.4, -0.2) is 30.6 Å². The number of carbonyl (C=O) groups is 2. The number of hydrogen-bond acceptors (Lipinski definition) is 4. The third-order valence-electron chi connectivity index (χ3n) is 4.07. The van der Waals surface area contributed by atoms with E-state index in [2.05, 4.69) is 36.8 Å². The average molecular weight is 450 g/mol. The first kappa shape index (κ1) is 20.3. The summed E-state index contributed by atoms with van der Waals surface area (Å²) in [5.41, 5.74) is 1.80. The van der Waals surface area contributed by atoms with Gasteiger partial charge in [0.2, 0.25) is 7.98 Å². The molecule has 0 saturated heterocycles. The van der Waals surface area contributed by atoms with Crippen LogP contribution in [0, 0.1) is 5.41 Å². The highest BCUT2D eigenvalue weighted by Crippen LogP contribution is 2.19. The van der Waals surface area contributed by atoms with E-state index in [1.54, 1.807) is 74.8 Å².